The minimum absolute atomic E-state index is 0.0234. The van der Waals surface area contributed by atoms with Crippen molar-refractivity contribution in [1.29, 1.82) is 0 Å². The van der Waals surface area contributed by atoms with Crippen molar-refractivity contribution in [2.24, 2.45) is 11.8 Å². The van der Waals surface area contributed by atoms with Gasteiger partial charge in [0.25, 0.3) is 11.8 Å². The molecule has 5 rings (SSSR count). The van der Waals surface area contributed by atoms with Crippen molar-refractivity contribution in [3.8, 4) is 0 Å². The Labute approximate surface area is 227 Å². The number of imide groups is 1. The molecule has 0 atom stereocenters. The lowest BCUT2D eigenvalue weighted by atomic mass is 9.81. The molecule has 3 N–H and O–H groups in total. The first kappa shape index (κ1) is 26.8. The Hall–Kier alpha value is -3.79. The zero-order valence-corrected chi connectivity index (χ0v) is 22.8. The van der Waals surface area contributed by atoms with Crippen LogP contribution in [0.2, 0.25) is 0 Å². The van der Waals surface area contributed by atoms with Gasteiger partial charge in [0.05, 0.1) is 16.6 Å². The van der Waals surface area contributed by atoms with Gasteiger partial charge < -0.3 is 20.4 Å². The number of anilines is 1. The molecule has 10 nitrogen and oxygen atoms in total. The second-order valence-corrected chi connectivity index (χ2v) is 11.2. The quantitative estimate of drug-likeness (QED) is 0.404. The van der Waals surface area contributed by atoms with Crippen LogP contribution in [0.5, 0.6) is 0 Å². The van der Waals surface area contributed by atoms with Gasteiger partial charge in [0.15, 0.2) is 5.82 Å². The van der Waals surface area contributed by atoms with Crippen LogP contribution in [0.3, 0.4) is 0 Å². The average Bonchev–Trinajstić information content (AvgIpc) is 3.42. The molecule has 3 heterocycles. The van der Waals surface area contributed by atoms with Crippen molar-refractivity contribution < 1.29 is 19.1 Å². The molecule has 0 saturated heterocycles. The topological polar surface area (TPSA) is 132 Å². The monoisotopic (exact) mass is 532 g/mol. The number of pyridine rings is 1. The Morgan fingerprint density at radius 3 is 2.49 bits per heavy atom. The highest BCUT2D eigenvalue weighted by Crippen LogP contribution is 2.32. The molecule has 0 spiro atoms. The summed E-state index contributed by atoms with van der Waals surface area (Å²) >= 11 is 0. The van der Waals surface area contributed by atoms with Crippen LogP contribution in [-0.2, 0) is 32.3 Å². The summed E-state index contributed by atoms with van der Waals surface area (Å²) in [4.78, 5) is 47.8. The number of hydrogen-bond donors (Lipinski definition) is 2. The normalized spacial score (nSPS) is 19.9. The molecule has 1 aliphatic heterocycles. The Morgan fingerprint density at radius 1 is 1.10 bits per heavy atom. The predicted molar refractivity (Wildman–Crippen MR) is 148 cm³/mol. The Balaban J connectivity index is 1.30. The third-order valence-corrected chi connectivity index (χ3v) is 7.70. The summed E-state index contributed by atoms with van der Waals surface area (Å²) in [5.41, 5.74) is 8.04. The highest BCUT2D eigenvalue weighted by atomic mass is 16.5. The van der Waals surface area contributed by atoms with Crippen molar-refractivity contribution in [2.75, 3.05) is 18.9 Å². The number of hydrogen-bond acceptors (Lipinski definition) is 7. The minimum Gasteiger partial charge on any atom is -0.382 e. The molecule has 39 heavy (non-hydrogen) atoms. The van der Waals surface area contributed by atoms with E-state index in [1.807, 2.05) is 45.0 Å². The van der Waals surface area contributed by atoms with Gasteiger partial charge in [0, 0.05) is 43.2 Å². The molecule has 0 unspecified atom stereocenters. The van der Waals surface area contributed by atoms with Gasteiger partial charge in [0.1, 0.15) is 17.9 Å². The number of carbonyl (C=O) groups excluding carboxylic acids is 3. The lowest BCUT2D eigenvalue weighted by Gasteiger charge is -2.33. The number of para-hydroxylation sites is 1. The second kappa shape index (κ2) is 10.8. The maximum Gasteiger partial charge on any atom is 0.253 e. The highest BCUT2D eigenvalue weighted by molar-refractivity contribution is 6.12. The van der Waals surface area contributed by atoms with E-state index in [1.165, 1.54) is 17.1 Å². The van der Waals surface area contributed by atoms with Gasteiger partial charge in [-0.3, -0.25) is 19.3 Å². The lowest BCUT2D eigenvalue weighted by Crippen LogP contribution is -2.49. The van der Waals surface area contributed by atoms with Gasteiger partial charge in [0.2, 0.25) is 5.91 Å². The van der Waals surface area contributed by atoms with Crippen LogP contribution in [0.25, 0.3) is 21.9 Å². The molecule has 3 amide bonds. The maximum absolute atomic E-state index is 13.4. The molecule has 206 valence electrons. The van der Waals surface area contributed by atoms with Crippen molar-refractivity contribution in [3.05, 3.63) is 42.2 Å². The number of nitrogen functional groups attached to an aromatic ring is 1. The van der Waals surface area contributed by atoms with Crippen LogP contribution in [0, 0.1) is 11.8 Å². The second-order valence-electron chi connectivity index (χ2n) is 11.2. The number of imidazole rings is 1. The number of nitrogens with two attached hydrogens (primary N) is 1. The van der Waals surface area contributed by atoms with E-state index < -0.39 is 5.54 Å². The third kappa shape index (κ3) is 5.52. The van der Waals surface area contributed by atoms with Crippen molar-refractivity contribution >= 4 is 45.5 Å². The molecule has 1 aromatic carbocycles. The van der Waals surface area contributed by atoms with Crippen LogP contribution >= 0.6 is 0 Å². The fourth-order valence-electron chi connectivity index (χ4n) is 5.73. The summed E-state index contributed by atoms with van der Waals surface area (Å²) in [7, 11) is 0. The molecule has 1 aliphatic carbocycles. The summed E-state index contributed by atoms with van der Waals surface area (Å²) in [6.45, 7) is 7.74. The lowest BCUT2D eigenvalue weighted by molar-refractivity contribution is -0.138. The van der Waals surface area contributed by atoms with Crippen LogP contribution in [0.1, 0.15) is 52.3 Å². The van der Waals surface area contributed by atoms with Gasteiger partial charge >= 0.3 is 0 Å². The van der Waals surface area contributed by atoms with Crippen LogP contribution in [0.15, 0.2) is 36.4 Å². The van der Waals surface area contributed by atoms with E-state index in [9.17, 15) is 14.4 Å². The average molecular weight is 533 g/mol. The molecule has 3 aromatic rings. The van der Waals surface area contributed by atoms with E-state index in [0.717, 1.165) is 47.9 Å². The molecule has 1 fully saturated rings. The fourth-order valence-corrected chi connectivity index (χ4v) is 5.73. The summed E-state index contributed by atoms with van der Waals surface area (Å²) in [5, 5.41) is 4.22. The molecule has 0 radical (unpaired) electrons. The van der Waals surface area contributed by atoms with E-state index in [4.69, 9.17) is 15.5 Å². The predicted octanol–water partition coefficient (Wildman–Crippen LogP) is 3.33. The summed E-state index contributed by atoms with van der Waals surface area (Å²) in [6.07, 6.45) is 5.71. The van der Waals surface area contributed by atoms with Crippen LogP contribution in [0.4, 0.5) is 5.82 Å². The fraction of sp³-hybridized carbons (Fsp3) is 0.483. The number of aromatic nitrogens is 3. The Morgan fingerprint density at radius 2 is 1.79 bits per heavy atom. The van der Waals surface area contributed by atoms with Crippen LogP contribution < -0.4 is 11.1 Å². The van der Waals surface area contributed by atoms with E-state index in [1.54, 1.807) is 0 Å². The minimum atomic E-state index is -0.582. The summed E-state index contributed by atoms with van der Waals surface area (Å²) in [6, 6.07) is 7.84. The third-order valence-electron chi connectivity index (χ3n) is 7.70. The zero-order valence-electron chi connectivity index (χ0n) is 22.8. The summed E-state index contributed by atoms with van der Waals surface area (Å²) in [5.74, 6) is 0.750. The Kier molecular flexibility index (Phi) is 7.40. The number of benzene rings is 1. The molecule has 2 aromatic heterocycles. The van der Waals surface area contributed by atoms with E-state index in [0.29, 0.717) is 37.6 Å². The highest BCUT2D eigenvalue weighted by Gasteiger charge is 2.33. The summed E-state index contributed by atoms with van der Waals surface area (Å²) < 4.78 is 7.82. The number of ether oxygens (including phenoxy) is 1. The van der Waals surface area contributed by atoms with Gasteiger partial charge in [-0.1, -0.05) is 18.2 Å². The van der Waals surface area contributed by atoms with E-state index >= 15 is 0 Å². The SMILES string of the molecule is CCOCc1nc2c(N)nc3ccccc3c2n1CC(C)(C)NC(=O)C1CCC(CN2C(=O)C=CC2=O)CC1. The van der Waals surface area contributed by atoms with Gasteiger partial charge in [-0.25, -0.2) is 9.97 Å². The number of rotatable bonds is 9. The molecule has 10 heteroatoms. The largest absolute Gasteiger partial charge is 0.382 e. The number of carbonyl (C=O) groups is 3. The van der Waals surface area contributed by atoms with Crippen molar-refractivity contribution in [3.63, 3.8) is 0 Å². The first-order chi connectivity index (χ1) is 18.7. The van der Waals surface area contributed by atoms with Gasteiger partial charge in [-0.05, 0) is 58.4 Å². The van der Waals surface area contributed by atoms with Crippen LogP contribution in [-0.4, -0.2) is 55.8 Å². The molecule has 0 bridgehead atoms. The van der Waals surface area contributed by atoms with Crippen molar-refractivity contribution in [2.45, 2.75) is 65.1 Å². The smallest absolute Gasteiger partial charge is 0.253 e. The van der Waals surface area contributed by atoms with Gasteiger partial charge in [-0.15, -0.1) is 0 Å². The zero-order chi connectivity index (χ0) is 27.7. The first-order valence-electron chi connectivity index (χ1n) is 13.6. The number of amides is 3. The maximum atomic E-state index is 13.4. The molecular formula is C29H36N6O4. The Bertz CT molecular complexity index is 1430. The van der Waals surface area contributed by atoms with Gasteiger partial charge in [-0.2, -0.15) is 0 Å². The molecule has 2 aliphatic rings. The standard InChI is InChI=1S/C29H36N6O4/c1-4-39-16-22-32-25-26(20-7-5-6-8-21(20)31-27(25)30)35(22)17-29(2,3)33-28(38)19-11-9-18(10-12-19)15-34-23(36)13-14-24(34)37/h5-8,13-14,18-19H,4,9-12,15-17H2,1-3H3,(H2,30,31)(H,33,38). The van der Waals surface area contributed by atoms with E-state index in [-0.39, 0.29) is 29.6 Å². The van der Waals surface area contributed by atoms with Crippen molar-refractivity contribution in [1.82, 2.24) is 24.8 Å². The number of nitrogens with zero attached hydrogens (tertiary/aromatic N) is 4. The molecule has 1 saturated carbocycles. The first-order valence-corrected chi connectivity index (χ1v) is 13.6. The number of fused-ring (bicyclic) bond motifs is 3. The van der Waals surface area contributed by atoms with E-state index in [2.05, 4.69) is 14.9 Å². The molecular weight excluding hydrogens is 496 g/mol. The number of nitrogens with one attached hydrogen (secondary N) is 1.